The molecule has 1 unspecified atom stereocenters. The maximum atomic E-state index is 13.0. The molecular formula is C25H21N3O5S. The normalized spacial score (nSPS) is 11.7. The van der Waals surface area contributed by atoms with Gasteiger partial charge in [0.2, 0.25) is 5.91 Å². The number of carbonyl (C=O) groups excluding carboxylic acids is 2. The minimum atomic E-state index is -1.09. The Kier molecular flexibility index (Phi) is 6.65. The highest BCUT2D eigenvalue weighted by Gasteiger charge is 2.18. The molecule has 4 rings (SSSR count). The van der Waals surface area contributed by atoms with E-state index in [0.29, 0.717) is 28.0 Å². The molecule has 9 heteroatoms. The number of aromatic carboxylic acids is 1. The van der Waals surface area contributed by atoms with Crippen LogP contribution in [-0.2, 0) is 4.79 Å². The van der Waals surface area contributed by atoms with Crippen molar-refractivity contribution in [2.24, 2.45) is 0 Å². The van der Waals surface area contributed by atoms with Crippen LogP contribution in [0.25, 0.3) is 10.8 Å². The van der Waals surface area contributed by atoms with Crippen LogP contribution in [0.2, 0.25) is 0 Å². The number of hydrogen-bond acceptors (Lipinski definition) is 6. The van der Waals surface area contributed by atoms with Gasteiger partial charge in [0.05, 0.1) is 10.8 Å². The molecule has 0 saturated heterocycles. The van der Waals surface area contributed by atoms with Crippen LogP contribution in [0.3, 0.4) is 0 Å². The molecule has 0 radical (unpaired) electrons. The van der Waals surface area contributed by atoms with E-state index in [2.05, 4.69) is 15.8 Å². The summed E-state index contributed by atoms with van der Waals surface area (Å²) in [5.41, 5.74) is 0.903. The molecule has 1 heterocycles. The summed E-state index contributed by atoms with van der Waals surface area (Å²) in [5.74, 6) is -0.733. The summed E-state index contributed by atoms with van der Waals surface area (Å²) < 4.78 is 4.95. The van der Waals surface area contributed by atoms with Gasteiger partial charge in [-0.05, 0) is 55.6 Å². The maximum Gasteiger partial charge on any atom is 0.336 e. The van der Waals surface area contributed by atoms with Crippen molar-refractivity contribution in [1.82, 2.24) is 5.16 Å². The zero-order chi connectivity index (χ0) is 24.2. The number of thioether (sulfide) groups is 1. The topological polar surface area (TPSA) is 122 Å². The van der Waals surface area contributed by atoms with Crippen molar-refractivity contribution in [3.63, 3.8) is 0 Å². The summed E-state index contributed by atoms with van der Waals surface area (Å²) in [5, 5.41) is 19.5. The van der Waals surface area contributed by atoms with Gasteiger partial charge < -0.3 is 20.3 Å². The van der Waals surface area contributed by atoms with E-state index < -0.39 is 11.9 Å². The number of carbonyl (C=O) groups is 3. The van der Waals surface area contributed by atoms with Crippen molar-refractivity contribution in [2.45, 2.75) is 24.0 Å². The zero-order valence-corrected chi connectivity index (χ0v) is 19.2. The third-order valence-corrected chi connectivity index (χ3v) is 6.17. The van der Waals surface area contributed by atoms with Crippen molar-refractivity contribution in [1.29, 1.82) is 0 Å². The van der Waals surface area contributed by atoms with E-state index in [9.17, 15) is 19.5 Å². The van der Waals surface area contributed by atoms with Crippen molar-refractivity contribution in [3.05, 3.63) is 83.6 Å². The maximum absolute atomic E-state index is 13.0. The highest BCUT2D eigenvalue weighted by Crippen LogP contribution is 2.27. The molecular weight excluding hydrogens is 454 g/mol. The number of amides is 2. The molecule has 0 aliphatic rings. The molecule has 0 aliphatic carbocycles. The van der Waals surface area contributed by atoms with Gasteiger partial charge in [0.25, 0.3) is 5.91 Å². The van der Waals surface area contributed by atoms with Crippen molar-refractivity contribution in [3.8, 4) is 0 Å². The Balaban J connectivity index is 1.44. The van der Waals surface area contributed by atoms with E-state index in [0.717, 1.165) is 4.90 Å². The van der Waals surface area contributed by atoms with Crippen LogP contribution >= 0.6 is 11.8 Å². The number of aryl methyl sites for hydroxylation is 1. The van der Waals surface area contributed by atoms with Crippen LogP contribution in [-0.4, -0.2) is 33.3 Å². The first-order chi connectivity index (χ1) is 16.3. The third-order valence-electron chi connectivity index (χ3n) is 5.05. The predicted octanol–water partition coefficient (Wildman–Crippen LogP) is 5.21. The summed E-state index contributed by atoms with van der Waals surface area (Å²) in [6, 6.07) is 18.7. The number of nitrogens with one attached hydrogen (secondary N) is 2. The Morgan fingerprint density at radius 3 is 2.26 bits per heavy atom. The van der Waals surface area contributed by atoms with Gasteiger partial charge in [0.15, 0.2) is 5.82 Å². The van der Waals surface area contributed by atoms with Gasteiger partial charge in [-0.25, -0.2) is 4.79 Å². The van der Waals surface area contributed by atoms with Crippen LogP contribution in [0, 0.1) is 6.92 Å². The molecule has 0 bridgehead atoms. The molecule has 0 spiro atoms. The molecule has 1 atom stereocenters. The summed E-state index contributed by atoms with van der Waals surface area (Å²) in [6.07, 6.45) is 0. The lowest BCUT2D eigenvalue weighted by molar-refractivity contribution is -0.115. The first-order valence-corrected chi connectivity index (χ1v) is 11.3. The van der Waals surface area contributed by atoms with Crippen LogP contribution in [0.1, 0.15) is 33.4 Å². The SMILES string of the molecule is Cc1cc(NC(=O)C(C)Sc2ccc(NC(=O)c3cccc4cccc(C(=O)O)c34)cc2)no1. The van der Waals surface area contributed by atoms with Crippen molar-refractivity contribution in [2.75, 3.05) is 10.6 Å². The molecule has 1 aromatic heterocycles. The van der Waals surface area contributed by atoms with E-state index in [1.807, 2.05) is 0 Å². The molecule has 4 aromatic rings. The van der Waals surface area contributed by atoms with E-state index in [4.69, 9.17) is 4.52 Å². The number of aromatic nitrogens is 1. The number of hydrogen-bond donors (Lipinski definition) is 3. The highest BCUT2D eigenvalue weighted by molar-refractivity contribution is 8.00. The Hall–Kier alpha value is -4.11. The number of carboxylic acid groups (broad SMARTS) is 1. The van der Waals surface area contributed by atoms with Crippen molar-refractivity contribution >= 4 is 51.8 Å². The Bertz CT molecular complexity index is 1380. The van der Waals surface area contributed by atoms with Gasteiger partial charge in [0, 0.05) is 27.6 Å². The van der Waals surface area contributed by atoms with E-state index in [1.165, 1.54) is 17.8 Å². The molecule has 34 heavy (non-hydrogen) atoms. The molecule has 0 aliphatic heterocycles. The lowest BCUT2D eigenvalue weighted by atomic mass is 9.98. The number of carboxylic acids is 1. The van der Waals surface area contributed by atoms with Gasteiger partial charge in [-0.15, -0.1) is 11.8 Å². The van der Waals surface area contributed by atoms with Gasteiger partial charge in [-0.1, -0.05) is 29.4 Å². The van der Waals surface area contributed by atoms with Crippen molar-refractivity contribution < 1.29 is 24.0 Å². The summed E-state index contributed by atoms with van der Waals surface area (Å²) in [6.45, 7) is 3.52. The van der Waals surface area contributed by atoms with Crippen LogP contribution in [0.4, 0.5) is 11.5 Å². The van der Waals surface area contributed by atoms with E-state index in [-0.39, 0.29) is 22.3 Å². The van der Waals surface area contributed by atoms with Gasteiger partial charge in [-0.2, -0.15) is 0 Å². The molecule has 8 nitrogen and oxygen atoms in total. The molecule has 3 N–H and O–H groups in total. The van der Waals surface area contributed by atoms with Crippen LogP contribution in [0.15, 0.2) is 76.1 Å². The summed E-state index contributed by atoms with van der Waals surface area (Å²) in [7, 11) is 0. The minimum Gasteiger partial charge on any atom is -0.478 e. The third kappa shape index (κ3) is 5.10. The average Bonchev–Trinajstić information content (AvgIpc) is 3.23. The summed E-state index contributed by atoms with van der Waals surface area (Å²) in [4.78, 5) is 37.8. The minimum absolute atomic E-state index is 0.0723. The summed E-state index contributed by atoms with van der Waals surface area (Å²) >= 11 is 1.36. The number of anilines is 2. The van der Waals surface area contributed by atoms with Gasteiger partial charge >= 0.3 is 5.97 Å². The number of nitrogens with zero attached hydrogens (tertiary/aromatic N) is 1. The average molecular weight is 476 g/mol. The Morgan fingerprint density at radius 2 is 1.65 bits per heavy atom. The molecule has 0 fully saturated rings. The number of benzene rings is 3. The van der Waals surface area contributed by atoms with Crippen LogP contribution < -0.4 is 10.6 Å². The standard InChI is InChI=1S/C25H21N3O5S/c1-14-13-21(28-33-14)27-23(29)15(2)34-18-11-9-17(10-12-18)26-24(30)19-7-3-5-16-6-4-8-20(22(16)19)25(31)32/h3-13,15H,1-2H3,(H,26,30)(H,31,32)(H,27,28,29). The lowest BCUT2D eigenvalue weighted by Gasteiger charge is -2.12. The fourth-order valence-electron chi connectivity index (χ4n) is 3.43. The molecule has 3 aromatic carbocycles. The lowest BCUT2D eigenvalue weighted by Crippen LogP contribution is -2.22. The molecule has 2 amide bonds. The molecule has 0 saturated carbocycles. The Morgan fingerprint density at radius 1 is 0.971 bits per heavy atom. The smallest absolute Gasteiger partial charge is 0.336 e. The van der Waals surface area contributed by atoms with E-state index >= 15 is 0 Å². The second-order valence-corrected chi connectivity index (χ2v) is 8.98. The predicted molar refractivity (Wildman–Crippen MR) is 130 cm³/mol. The van der Waals surface area contributed by atoms with E-state index in [1.54, 1.807) is 74.5 Å². The first-order valence-electron chi connectivity index (χ1n) is 10.4. The first kappa shape index (κ1) is 23.1. The van der Waals surface area contributed by atoms with Crippen LogP contribution in [0.5, 0.6) is 0 Å². The zero-order valence-electron chi connectivity index (χ0n) is 18.4. The fraction of sp³-hybridized carbons (Fsp3) is 0.120. The van der Waals surface area contributed by atoms with Gasteiger partial charge in [-0.3, -0.25) is 9.59 Å². The highest BCUT2D eigenvalue weighted by atomic mass is 32.2. The monoisotopic (exact) mass is 475 g/mol. The second-order valence-electron chi connectivity index (χ2n) is 7.57. The molecule has 172 valence electrons. The Labute approximate surface area is 199 Å². The second kappa shape index (κ2) is 9.80. The number of rotatable bonds is 7. The quantitative estimate of drug-likeness (QED) is 0.314. The number of fused-ring (bicyclic) bond motifs is 1. The largest absolute Gasteiger partial charge is 0.478 e. The van der Waals surface area contributed by atoms with Gasteiger partial charge in [0.1, 0.15) is 5.76 Å². The fourth-order valence-corrected chi connectivity index (χ4v) is 4.30.